The van der Waals surface area contributed by atoms with Crippen molar-refractivity contribution in [1.82, 2.24) is 5.32 Å². The molecule has 4 atom stereocenters. The van der Waals surface area contributed by atoms with E-state index in [0.717, 1.165) is 48.8 Å². The highest BCUT2D eigenvalue weighted by atomic mass is 35.5. The van der Waals surface area contributed by atoms with Crippen molar-refractivity contribution in [2.24, 2.45) is 11.8 Å². The van der Waals surface area contributed by atoms with E-state index >= 15 is 0 Å². The fourth-order valence-corrected chi connectivity index (χ4v) is 7.19. The molecular weight excluding hydrogens is 507 g/mol. The van der Waals surface area contributed by atoms with E-state index < -0.39 is 0 Å². The molecule has 1 saturated carbocycles. The Balaban J connectivity index is 1.57. The SMILES string of the molecule is CC(=O)Oc1cccc([C@]23CC[N@@+](C)(CC(C)C)CC2CC[C@@H](NC(=O)Cc2ccc(Cl)c(Cl)c2)C3)c1. The standard InChI is InChI=1S/C30H38Cl2N2O3/c1-20(2)18-34(4)13-12-30(23-6-5-7-26(16-23)37-21(3)35)17-25(10-9-24(30)19-34)33-29(36)15-22-8-11-27(31)28(32)14-22/h5-8,11,14,16,20,24-25H,9-10,12-13,15,17-19H2,1-4H3/p+1/t24?,25-,30-,34+/m1/s1. The number of amides is 1. The van der Waals surface area contributed by atoms with Gasteiger partial charge in [-0.3, -0.25) is 9.59 Å². The van der Waals surface area contributed by atoms with Crippen molar-refractivity contribution in [3.05, 3.63) is 63.6 Å². The maximum atomic E-state index is 13.0. The van der Waals surface area contributed by atoms with Gasteiger partial charge in [0, 0.05) is 36.6 Å². The number of hydrogen-bond donors (Lipinski definition) is 1. The van der Waals surface area contributed by atoms with Gasteiger partial charge in [-0.1, -0.05) is 55.2 Å². The van der Waals surface area contributed by atoms with Crippen LogP contribution in [0.2, 0.25) is 10.0 Å². The lowest BCUT2D eigenvalue weighted by atomic mass is 9.57. The predicted octanol–water partition coefficient (Wildman–Crippen LogP) is 6.19. The van der Waals surface area contributed by atoms with E-state index in [1.807, 2.05) is 24.3 Å². The van der Waals surface area contributed by atoms with Crippen molar-refractivity contribution in [1.29, 1.82) is 0 Å². The Labute approximate surface area is 231 Å². The van der Waals surface area contributed by atoms with Crippen LogP contribution in [0.3, 0.4) is 0 Å². The Kier molecular flexibility index (Phi) is 8.57. The Bertz CT molecular complexity index is 1150. The van der Waals surface area contributed by atoms with Gasteiger partial charge >= 0.3 is 5.97 Å². The molecule has 1 aliphatic heterocycles. The van der Waals surface area contributed by atoms with Crippen LogP contribution in [-0.2, 0) is 21.4 Å². The summed E-state index contributed by atoms with van der Waals surface area (Å²) in [5.74, 6) is 1.42. The highest BCUT2D eigenvalue weighted by molar-refractivity contribution is 6.42. The smallest absolute Gasteiger partial charge is 0.308 e. The van der Waals surface area contributed by atoms with Crippen LogP contribution in [0.5, 0.6) is 5.75 Å². The number of nitrogens with zero attached hydrogens (tertiary/aromatic N) is 1. The molecule has 1 amide bonds. The van der Waals surface area contributed by atoms with Crippen LogP contribution < -0.4 is 10.1 Å². The molecule has 2 aromatic rings. The average molecular weight is 547 g/mol. The minimum Gasteiger partial charge on any atom is -0.427 e. The van der Waals surface area contributed by atoms with E-state index in [1.165, 1.54) is 19.0 Å². The molecule has 7 heteroatoms. The van der Waals surface area contributed by atoms with E-state index in [2.05, 4.69) is 32.3 Å². The Morgan fingerprint density at radius 2 is 1.92 bits per heavy atom. The maximum Gasteiger partial charge on any atom is 0.308 e. The predicted molar refractivity (Wildman–Crippen MR) is 149 cm³/mol. The molecule has 1 heterocycles. The maximum absolute atomic E-state index is 13.0. The quantitative estimate of drug-likeness (QED) is 0.256. The molecule has 5 nitrogen and oxygen atoms in total. The second-order valence-electron chi connectivity index (χ2n) is 11.8. The van der Waals surface area contributed by atoms with E-state index in [4.69, 9.17) is 27.9 Å². The number of esters is 1. The molecule has 37 heavy (non-hydrogen) atoms. The largest absolute Gasteiger partial charge is 0.427 e. The number of ether oxygens (including phenoxy) is 1. The van der Waals surface area contributed by atoms with Crippen molar-refractivity contribution in [2.75, 3.05) is 26.7 Å². The number of benzene rings is 2. The first kappa shape index (κ1) is 27.9. The van der Waals surface area contributed by atoms with Crippen LogP contribution in [0.4, 0.5) is 0 Å². The number of fused-ring (bicyclic) bond motifs is 1. The molecule has 2 aliphatic rings. The van der Waals surface area contributed by atoms with Crippen molar-refractivity contribution < 1.29 is 18.8 Å². The second-order valence-corrected chi connectivity index (χ2v) is 12.6. The van der Waals surface area contributed by atoms with Gasteiger partial charge in [0.05, 0.1) is 43.1 Å². The summed E-state index contributed by atoms with van der Waals surface area (Å²) < 4.78 is 6.54. The van der Waals surface area contributed by atoms with Crippen LogP contribution in [0, 0.1) is 11.8 Å². The number of quaternary nitrogens is 1. The number of likely N-dealkylation sites (tertiary alicyclic amines) is 1. The summed E-state index contributed by atoms with van der Waals surface area (Å²) in [7, 11) is 2.39. The van der Waals surface area contributed by atoms with Crippen molar-refractivity contribution >= 4 is 35.1 Å². The fraction of sp³-hybridized carbons (Fsp3) is 0.533. The third-order valence-electron chi connectivity index (χ3n) is 8.20. The van der Waals surface area contributed by atoms with E-state index in [0.29, 0.717) is 27.6 Å². The lowest BCUT2D eigenvalue weighted by molar-refractivity contribution is -0.922. The Morgan fingerprint density at radius 1 is 1.14 bits per heavy atom. The van der Waals surface area contributed by atoms with Crippen LogP contribution >= 0.6 is 23.2 Å². The van der Waals surface area contributed by atoms with Gasteiger partial charge in [-0.15, -0.1) is 0 Å². The van der Waals surface area contributed by atoms with Gasteiger partial charge in [-0.05, 0) is 54.7 Å². The Morgan fingerprint density at radius 3 is 2.62 bits per heavy atom. The van der Waals surface area contributed by atoms with Crippen LogP contribution in [0.15, 0.2) is 42.5 Å². The fourth-order valence-electron chi connectivity index (χ4n) is 6.87. The molecule has 1 saturated heterocycles. The zero-order valence-corrected chi connectivity index (χ0v) is 23.9. The van der Waals surface area contributed by atoms with Gasteiger partial charge in [-0.25, -0.2) is 0 Å². The summed E-state index contributed by atoms with van der Waals surface area (Å²) in [6.45, 7) is 9.42. The van der Waals surface area contributed by atoms with Crippen LogP contribution in [0.1, 0.15) is 57.6 Å². The van der Waals surface area contributed by atoms with Gasteiger partial charge in [0.1, 0.15) is 5.75 Å². The summed E-state index contributed by atoms with van der Waals surface area (Å²) >= 11 is 12.2. The molecule has 0 spiro atoms. The summed E-state index contributed by atoms with van der Waals surface area (Å²) in [6, 6.07) is 13.5. The monoisotopic (exact) mass is 545 g/mol. The molecular formula is C30H39Cl2N2O3+. The van der Waals surface area contributed by atoms with Crippen molar-refractivity contribution in [3.8, 4) is 5.75 Å². The number of carbonyl (C=O) groups excluding carboxylic acids is 2. The van der Waals surface area contributed by atoms with Gasteiger partial charge in [0.2, 0.25) is 5.91 Å². The van der Waals surface area contributed by atoms with Crippen molar-refractivity contribution in [3.63, 3.8) is 0 Å². The summed E-state index contributed by atoms with van der Waals surface area (Å²) in [4.78, 5) is 24.7. The number of nitrogens with one attached hydrogen (secondary N) is 1. The minimum atomic E-state index is -0.313. The Hall–Kier alpha value is -2.08. The molecule has 4 rings (SSSR count). The van der Waals surface area contributed by atoms with Gasteiger partial charge in [0.15, 0.2) is 0 Å². The molecule has 0 bridgehead atoms. The van der Waals surface area contributed by atoms with Gasteiger partial charge in [0.25, 0.3) is 0 Å². The summed E-state index contributed by atoms with van der Waals surface area (Å²) in [5.41, 5.74) is 2.00. The molecule has 2 aromatic carbocycles. The molecule has 0 aromatic heterocycles. The molecule has 1 aliphatic carbocycles. The number of carbonyl (C=O) groups is 2. The summed E-state index contributed by atoms with van der Waals surface area (Å²) in [5, 5.41) is 4.27. The highest BCUT2D eigenvalue weighted by Crippen LogP contribution is 2.51. The minimum absolute atomic E-state index is 0.00175. The molecule has 1 unspecified atom stereocenters. The van der Waals surface area contributed by atoms with Crippen LogP contribution in [0.25, 0.3) is 0 Å². The summed E-state index contributed by atoms with van der Waals surface area (Å²) in [6.07, 6.45) is 4.22. The first-order chi connectivity index (χ1) is 17.5. The number of hydrogen-bond acceptors (Lipinski definition) is 3. The normalized spacial score (nSPS) is 27.4. The average Bonchev–Trinajstić information content (AvgIpc) is 2.81. The lowest BCUT2D eigenvalue weighted by Crippen LogP contribution is -2.62. The van der Waals surface area contributed by atoms with E-state index in [1.54, 1.807) is 12.1 Å². The third kappa shape index (κ3) is 6.68. The van der Waals surface area contributed by atoms with Crippen molar-refractivity contribution in [2.45, 2.75) is 64.3 Å². The third-order valence-corrected chi connectivity index (χ3v) is 8.94. The number of rotatable bonds is 7. The number of halogens is 2. The zero-order valence-electron chi connectivity index (χ0n) is 22.4. The first-order valence-electron chi connectivity index (χ1n) is 13.3. The van der Waals surface area contributed by atoms with Gasteiger partial charge < -0.3 is 14.5 Å². The highest BCUT2D eigenvalue weighted by Gasteiger charge is 2.52. The van der Waals surface area contributed by atoms with E-state index in [-0.39, 0.29) is 29.8 Å². The van der Waals surface area contributed by atoms with Gasteiger partial charge in [-0.2, -0.15) is 0 Å². The topological polar surface area (TPSA) is 55.4 Å². The molecule has 200 valence electrons. The zero-order chi connectivity index (χ0) is 26.8. The molecule has 2 fully saturated rings. The van der Waals surface area contributed by atoms with Crippen LogP contribution in [-0.4, -0.2) is 49.1 Å². The molecule has 0 radical (unpaired) electrons. The number of piperidine rings is 1. The van der Waals surface area contributed by atoms with E-state index in [9.17, 15) is 9.59 Å². The second kappa shape index (κ2) is 11.3. The lowest BCUT2D eigenvalue weighted by Gasteiger charge is -2.55. The molecule has 1 N–H and O–H groups in total. The first-order valence-corrected chi connectivity index (χ1v) is 14.1.